The predicted octanol–water partition coefficient (Wildman–Crippen LogP) is -1.60. The van der Waals surface area contributed by atoms with Gasteiger partial charge in [0.05, 0.1) is 0 Å². The van der Waals surface area contributed by atoms with Gasteiger partial charge in [-0.05, 0) is 0 Å². The second kappa shape index (κ2) is 135. The van der Waals surface area contributed by atoms with Crippen LogP contribution in [0.1, 0.15) is 0 Å². The van der Waals surface area contributed by atoms with E-state index >= 15 is 0 Å². The summed E-state index contributed by atoms with van der Waals surface area (Å²) in [5.74, 6) is 0. The van der Waals surface area contributed by atoms with Crippen molar-refractivity contribution in [2.75, 3.05) is 0 Å². The van der Waals surface area contributed by atoms with Crippen LogP contribution in [0.5, 0.6) is 0 Å². The summed E-state index contributed by atoms with van der Waals surface area (Å²) in [6, 6.07) is 0. The molecule has 0 atom stereocenters. The van der Waals surface area contributed by atoms with Crippen LogP contribution in [0.15, 0.2) is 0 Å². The van der Waals surface area contributed by atoms with Crippen molar-refractivity contribution in [2.45, 2.75) is 0 Å². The van der Waals surface area contributed by atoms with E-state index in [0.29, 0.717) is 0 Å². The van der Waals surface area contributed by atoms with Crippen LogP contribution in [0, 0.1) is 0 Å². The molecule has 0 aliphatic heterocycles. The summed E-state index contributed by atoms with van der Waals surface area (Å²) in [4.78, 5) is 0. The SMILES string of the molecule is [Ba+2].[Ba+2].[O-2].[O-2].[O-2].[O-2].[O-2].[O-2].[O-2].[Ta+5].[Ta+5]. The van der Waals surface area contributed by atoms with Crippen LogP contribution < -0.4 is 0 Å². The standard InChI is InChI=1S/2Ba.7O.2Ta/q2*+2;7*-2;2*+5. The molecule has 0 N–H and O–H groups in total. The minimum Gasteiger partial charge on any atom is -2.00 e. The molecular formula is Ba2O7Ta2. The molecule has 0 heterocycles. The van der Waals surface area contributed by atoms with Gasteiger partial charge in [0, 0.05) is 0 Å². The molecule has 0 saturated heterocycles. The molecule has 11 heavy (non-hydrogen) atoms. The van der Waals surface area contributed by atoms with E-state index in [2.05, 4.69) is 0 Å². The van der Waals surface area contributed by atoms with E-state index in [1.165, 1.54) is 0 Å². The van der Waals surface area contributed by atoms with Crippen molar-refractivity contribution in [2.24, 2.45) is 0 Å². The van der Waals surface area contributed by atoms with Crippen LogP contribution in [0.25, 0.3) is 0 Å². The summed E-state index contributed by atoms with van der Waals surface area (Å²) in [5, 5.41) is 0. The zero-order valence-electron chi connectivity index (χ0n) is 5.17. The Morgan fingerprint density at radius 2 is 0.273 bits per heavy atom. The molecule has 0 aliphatic rings. The third kappa shape index (κ3) is 116. The number of hydrogen-bond acceptors (Lipinski definition) is 0. The number of hydrogen-bond donors (Lipinski definition) is 0. The third-order valence-corrected chi connectivity index (χ3v) is 0. The van der Waals surface area contributed by atoms with Crippen molar-refractivity contribution in [1.82, 2.24) is 0 Å². The fourth-order valence-electron chi connectivity index (χ4n) is 0. The van der Waals surface area contributed by atoms with E-state index in [-0.39, 0.29) is 181 Å². The van der Waals surface area contributed by atoms with Crippen molar-refractivity contribution in [1.29, 1.82) is 0 Å². The number of rotatable bonds is 0. The van der Waals surface area contributed by atoms with Crippen molar-refractivity contribution < 1.29 is 83.1 Å². The van der Waals surface area contributed by atoms with Crippen LogP contribution in [0.2, 0.25) is 0 Å². The molecule has 11 heteroatoms. The Balaban J connectivity index is 0. The normalized spacial score (nSPS) is 0. The average Bonchev–Trinajstić information content (AvgIpc) is 0. The van der Waals surface area contributed by atoms with Crippen molar-refractivity contribution in [3.63, 3.8) is 0 Å². The van der Waals surface area contributed by atoms with E-state index in [1.54, 1.807) is 0 Å². The third-order valence-electron chi connectivity index (χ3n) is 0. The Labute approximate surface area is 176 Å². The Kier molecular flexibility index (Phi) is 2060. The molecule has 0 aromatic rings. The molecular weight excluding hydrogens is 749 g/mol. The van der Waals surface area contributed by atoms with Gasteiger partial charge < -0.3 is 38.3 Å². The van der Waals surface area contributed by atoms with Gasteiger partial charge in [-0.2, -0.15) is 0 Å². The zero-order valence-corrected chi connectivity index (χ0v) is 20.5. The summed E-state index contributed by atoms with van der Waals surface area (Å²) in [7, 11) is 0. The van der Waals surface area contributed by atoms with E-state index in [4.69, 9.17) is 0 Å². The van der Waals surface area contributed by atoms with Crippen LogP contribution in [0.3, 0.4) is 0 Å². The molecule has 0 aliphatic carbocycles. The molecule has 56 valence electrons. The minimum absolute atomic E-state index is 0. The molecule has 0 bridgehead atoms. The van der Waals surface area contributed by atoms with Crippen LogP contribution >= 0.6 is 0 Å². The maximum absolute atomic E-state index is 0. The van der Waals surface area contributed by atoms with Gasteiger partial charge in [-0.15, -0.1) is 0 Å². The van der Waals surface area contributed by atoms with Crippen LogP contribution in [-0.2, 0) is 83.1 Å². The van der Waals surface area contributed by atoms with E-state index < -0.39 is 0 Å². The molecule has 0 saturated carbocycles. The molecule has 0 rings (SSSR count). The first kappa shape index (κ1) is 167. The molecule has 0 radical (unpaired) electrons. The van der Waals surface area contributed by atoms with Gasteiger partial charge in [-0.3, -0.25) is 0 Å². The maximum atomic E-state index is 0. The first-order valence-corrected chi connectivity index (χ1v) is 0. The summed E-state index contributed by atoms with van der Waals surface area (Å²) in [6.07, 6.45) is 0. The second-order valence-electron chi connectivity index (χ2n) is 0. The minimum atomic E-state index is 0. The second-order valence-corrected chi connectivity index (χ2v) is 0. The van der Waals surface area contributed by atoms with Crippen LogP contribution in [0.4, 0.5) is 0 Å². The van der Waals surface area contributed by atoms with Gasteiger partial charge in [0.1, 0.15) is 0 Å². The smallest absolute Gasteiger partial charge is 2.00 e. The maximum Gasteiger partial charge on any atom is 5.00 e. The topological polar surface area (TPSA) is 200 Å². The fraction of sp³-hybridized carbons (Fsp3) is 0. The van der Waals surface area contributed by atoms with Crippen LogP contribution in [-0.4, -0.2) is 97.8 Å². The first-order valence-electron chi connectivity index (χ1n) is 0. The van der Waals surface area contributed by atoms with E-state index in [0.717, 1.165) is 0 Å². The van der Waals surface area contributed by atoms with E-state index in [1.807, 2.05) is 0 Å². The van der Waals surface area contributed by atoms with Gasteiger partial charge in [0.2, 0.25) is 0 Å². The van der Waals surface area contributed by atoms with Gasteiger partial charge >= 0.3 is 143 Å². The summed E-state index contributed by atoms with van der Waals surface area (Å²) in [5.41, 5.74) is 0. The van der Waals surface area contributed by atoms with Gasteiger partial charge in [0.15, 0.2) is 0 Å². The van der Waals surface area contributed by atoms with Gasteiger partial charge in [-0.1, -0.05) is 0 Å². The molecule has 0 spiro atoms. The Morgan fingerprint density at radius 3 is 0.273 bits per heavy atom. The fourth-order valence-corrected chi connectivity index (χ4v) is 0. The molecule has 0 aromatic carbocycles. The monoisotopic (exact) mass is 750 g/mol. The van der Waals surface area contributed by atoms with E-state index in [9.17, 15) is 0 Å². The van der Waals surface area contributed by atoms with Crippen molar-refractivity contribution in [3.05, 3.63) is 0 Å². The Hall–Kier alpha value is 4.34. The zero-order chi connectivity index (χ0) is 0. The largest absolute Gasteiger partial charge is 5.00 e. The molecule has 0 aromatic heterocycles. The Bertz CT molecular complexity index is 14.4. The predicted molar refractivity (Wildman–Crippen MR) is 16.3 cm³/mol. The molecule has 0 amide bonds. The molecule has 0 fully saturated rings. The summed E-state index contributed by atoms with van der Waals surface area (Å²) in [6.45, 7) is 0. The average molecular weight is 749 g/mol. The molecule has 0 unspecified atom stereocenters. The van der Waals surface area contributed by atoms with Crippen molar-refractivity contribution >= 4 is 97.8 Å². The van der Waals surface area contributed by atoms with Crippen molar-refractivity contribution in [3.8, 4) is 0 Å². The summed E-state index contributed by atoms with van der Waals surface area (Å²) < 4.78 is 0. The quantitative estimate of drug-likeness (QED) is 0.258. The Morgan fingerprint density at radius 1 is 0.273 bits per heavy atom. The summed E-state index contributed by atoms with van der Waals surface area (Å²) >= 11 is 0. The first-order chi connectivity index (χ1) is 0. The van der Waals surface area contributed by atoms with Gasteiger partial charge in [0.25, 0.3) is 0 Å². The van der Waals surface area contributed by atoms with Gasteiger partial charge in [-0.25, -0.2) is 0 Å². The molecule has 7 nitrogen and oxygen atoms in total.